The number of amides is 1. The lowest BCUT2D eigenvalue weighted by Gasteiger charge is -2.37. The first-order valence-electron chi connectivity index (χ1n) is 5.50. The van der Waals surface area contributed by atoms with E-state index in [9.17, 15) is 18.0 Å². The van der Waals surface area contributed by atoms with Gasteiger partial charge in [0.2, 0.25) is 5.91 Å². The van der Waals surface area contributed by atoms with E-state index in [1.165, 1.54) is 4.90 Å². The van der Waals surface area contributed by atoms with Gasteiger partial charge >= 0.3 is 6.18 Å². The van der Waals surface area contributed by atoms with Gasteiger partial charge in [-0.3, -0.25) is 4.79 Å². The zero-order chi connectivity index (χ0) is 12.2. The van der Waals surface area contributed by atoms with Gasteiger partial charge in [-0.15, -0.1) is 0 Å². The van der Waals surface area contributed by atoms with Gasteiger partial charge in [-0.05, 0) is 32.2 Å². The minimum atomic E-state index is -4.41. The summed E-state index contributed by atoms with van der Waals surface area (Å²) in [7, 11) is 0. The molecule has 2 N–H and O–H groups in total. The number of halogens is 3. The Morgan fingerprint density at radius 1 is 1.38 bits per heavy atom. The van der Waals surface area contributed by atoms with E-state index in [2.05, 4.69) is 0 Å². The van der Waals surface area contributed by atoms with Crippen molar-refractivity contribution < 1.29 is 18.0 Å². The Morgan fingerprint density at radius 2 is 2.00 bits per heavy atom. The summed E-state index contributed by atoms with van der Waals surface area (Å²) in [4.78, 5) is 12.8. The SMILES string of the molecule is NCCCN(C(=O)CC(F)(F)F)C1CCC1. The average Bonchev–Trinajstić information content (AvgIpc) is 2.05. The zero-order valence-corrected chi connectivity index (χ0v) is 9.09. The summed E-state index contributed by atoms with van der Waals surface area (Å²) in [5.74, 6) is -0.814. The molecule has 0 radical (unpaired) electrons. The first-order chi connectivity index (χ1) is 7.44. The first kappa shape index (κ1) is 13.3. The van der Waals surface area contributed by atoms with Gasteiger partial charge < -0.3 is 10.6 Å². The number of nitrogens with two attached hydrogens (primary N) is 1. The number of alkyl halides is 3. The molecule has 1 amide bonds. The lowest BCUT2D eigenvalue weighted by atomic mass is 9.91. The zero-order valence-electron chi connectivity index (χ0n) is 9.09. The average molecular weight is 238 g/mol. The van der Waals surface area contributed by atoms with Crippen LogP contribution in [-0.2, 0) is 4.79 Å². The number of carbonyl (C=O) groups is 1. The van der Waals surface area contributed by atoms with Crippen molar-refractivity contribution in [2.45, 2.75) is 44.3 Å². The number of rotatable bonds is 5. The Hall–Kier alpha value is -0.780. The Kier molecular flexibility index (Phi) is 4.58. The van der Waals surface area contributed by atoms with Crippen LogP contribution in [0.25, 0.3) is 0 Å². The maximum atomic E-state index is 12.1. The molecule has 0 aliphatic heterocycles. The van der Waals surface area contributed by atoms with Crippen molar-refractivity contribution in [1.82, 2.24) is 4.90 Å². The van der Waals surface area contributed by atoms with E-state index in [-0.39, 0.29) is 6.04 Å². The maximum absolute atomic E-state index is 12.1. The summed E-state index contributed by atoms with van der Waals surface area (Å²) in [5.41, 5.74) is 5.30. The van der Waals surface area contributed by atoms with Crippen LogP contribution < -0.4 is 5.73 Å². The van der Waals surface area contributed by atoms with E-state index in [4.69, 9.17) is 5.73 Å². The van der Waals surface area contributed by atoms with Crippen molar-refractivity contribution in [3.8, 4) is 0 Å². The highest BCUT2D eigenvalue weighted by atomic mass is 19.4. The summed E-state index contributed by atoms with van der Waals surface area (Å²) >= 11 is 0. The summed E-state index contributed by atoms with van der Waals surface area (Å²) in [6.07, 6.45) is -2.60. The fraction of sp³-hybridized carbons (Fsp3) is 0.900. The molecule has 94 valence electrons. The van der Waals surface area contributed by atoms with Crippen molar-refractivity contribution in [3.63, 3.8) is 0 Å². The van der Waals surface area contributed by atoms with E-state index < -0.39 is 18.5 Å². The number of nitrogens with zero attached hydrogens (tertiary/aromatic N) is 1. The highest BCUT2D eigenvalue weighted by Gasteiger charge is 2.36. The van der Waals surface area contributed by atoms with Crippen molar-refractivity contribution in [2.24, 2.45) is 5.73 Å². The van der Waals surface area contributed by atoms with Crippen LogP contribution in [0.3, 0.4) is 0 Å². The van der Waals surface area contributed by atoms with E-state index in [1.807, 2.05) is 0 Å². The van der Waals surface area contributed by atoms with Crippen LogP contribution in [0.2, 0.25) is 0 Å². The normalized spacial score (nSPS) is 17.0. The molecular formula is C10H17F3N2O. The second-order valence-electron chi connectivity index (χ2n) is 4.11. The molecule has 0 bridgehead atoms. The minimum absolute atomic E-state index is 0.00130. The summed E-state index contributed by atoms with van der Waals surface area (Å²) in [6.45, 7) is 0.735. The maximum Gasteiger partial charge on any atom is 0.397 e. The minimum Gasteiger partial charge on any atom is -0.339 e. The molecule has 3 nitrogen and oxygen atoms in total. The second kappa shape index (κ2) is 5.52. The van der Waals surface area contributed by atoms with Gasteiger partial charge in [-0.2, -0.15) is 13.2 Å². The molecule has 0 spiro atoms. The highest BCUT2D eigenvalue weighted by molar-refractivity contribution is 5.77. The van der Waals surface area contributed by atoms with Crippen LogP contribution in [0.1, 0.15) is 32.1 Å². The van der Waals surface area contributed by atoms with Crippen LogP contribution in [-0.4, -0.2) is 36.1 Å². The third kappa shape index (κ3) is 4.00. The van der Waals surface area contributed by atoms with E-state index in [0.29, 0.717) is 19.5 Å². The molecule has 6 heteroatoms. The van der Waals surface area contributed by atoms with Crippen molar-refractivity contribution in [3.05, 3.63) is 0 Å². The van der Waals surface area contributed by atoms with Crippen molar-refractivity contribution in [1.29, 1.82) is 0 Å². The smallest absolute Gasteiger partial charge is 0.339 e. The fourth-order valence-corrected chi connectivity index (χ4v) is 1.74. The molecule has 0 unspecified atom stereocenters. The third-order valence-corrected chi connectivity index (χ3v) is 2.79. The van der Waals surface area contributed by atoms with Gasteiger partial charge in [-0.1, -0.05) is 0 Å². The van der Waals surface area contributed by atoms with Gasteiger partial charge in [0.15, 0.2) is 0 Å². The quantitative estimate of drug-likeness (QED) is 0.792. The van der Waals surface area contributed by atoms with Crippen molar-refractivity contribution >= 4 is 5.91 Å². The summed E-state index contributed by atoms with van der Waals surface area (Å²) < 4.78 is 36.3. The van der Waals surface area contributed by atoms with Gasteiger partial charge in [0.25, 0.3) is 0 Å². The molecule has 0 heterocycles. The first-order valence-corrected chi connectivity index (χ1v) is 5.50. The third-order valence-electron chi connectivity index (χ3n) is 2.79. The molecule has 0 saturated heterocycles. The topological polar surface area (TPSA) is 46.3 Å². The van der Waals surface area contributed by atoms with Gasteiger partial charge in [0.1, 0.15) is 6.42 Å². The van der Waals surface area contributed by atoms with E-state index in [1.54, 1.807) is 0 Å². The highest BCUT2D eigenvalue weighted by Crippen LogP contribution is 2.28. The molecule has 0 aromatic rings. The van der Waals surface area contributed by atoms with Crippen LogP contribution in [0.5, 0.6) is 0 Å². The van der Waals surface area contributed by atoms with Crippen LogP contribution in [0.15, 0.2) is 0 Å². The molecule has 1 aliphatic rings. The lowest BCUT2D eigenvalue weighted by Crippen LogP contribution is -2.46. The number of hydrogen-bond acceptors (Lipinski definition) is 2. The molecule has 0 atom stereocenters. The van der Waals surface area contributed by atoms with E-state index in [0.717, 1.165) is 19.3 Å². The monoisotopic (exact) mass is 238 g/mol. The molecule has 16 heavy (non-hydrogen) atoms. The summed E-state index contributed by atoms with van der Waals surface area (Å²) in [6, 6.07) is 0.00130. The largest absolute Gasteiger partial charge is 0.397 e. The molecule has 1 saturated carbocycles. The van der Waals surface area contributed by atoms with Gasteiger partial charge in [0.05, 0.1) is 0 Å². The van der Waals surface area contributed by atoms with Crippen LogP contribution in [0.4, 0.5) is 13.2 Å². The standard InChI is InChI=1S/C10H17F3N2O/c11-10(12,13)7-9(16)15(6-2-5-14)8-3-1-4-8/h8H,1-7,14H2. The number of hydrogen-bond donors (Lipinski definition) is 1. The van der Waals surface area contributed by atoms with Crippen LogP contribution >= 0.6 is 0 Å². The lowest BCUT2D eigenvalue weighted by molar-refractivity contribution is -0.164. The Labute approximate surface area is 92.8 Å². The Bertz CT molecular complexity index is 239. The number of carbonyl (C=O) groups excluding carboxylic acids is 1. The fourth-order valence-electron chi connectivity index (χ4n) is 1.74. The molecule has 1 aliphatic carbocycles. The Morgan fingerprint density at radius 3 is 2.38 bits per heavy atom. The van der Waals surface area contributed by atoms with E-state index >= 15 is 0 Å². The second-order valence-corrected chi connectivity index (χ2v) is 4.11. The predicted molar refractivity (Wildman–Crippen MR) is 53.7 cm³/mol. The predicted octanol–water partition coefficient (Wildman–Crippen LogP) is 1.67. The molecule has 0 aromatic carbocycles. The van der Waals surface area contributed by atoms with Crippen LogP contribution in [0, 0.1) is 0 Å². The van der Waals surface area contributed by atoms with Crippen molar-refractivity contribution in [2.75, 3.05) is 13.1 Å². The Balaban J connectivity index is 2.50. The molecular weight excluding hydrogens is 221 g/mol. The molecule has 0 aromatic heterocycles. The molecule has 1 rings (SSSR count). The molecule has 1 fully saturated rings. The summed E-state index contributed by atoms with van der Waals surface area (Å²) in [5, 5.41) is 0. The van der Waals surface area contributed by atoms with Gasteiger partial charge in [-0.25, -0.2) is 0 Å². The van der Waals surface area contributed by atoms with Gasteiger partial charge in [0, 0.05) is 12.6 Å².